The lowest BCUT2D eigenvalue weighted by Crippen LogP contribution is -2.60. The van der Waals surface area contributed by atoms with Gasteiger partial charge in [0.1, 0.15) is 23.2 Å². The molecule has 1 saturated heterocycles. The van der Waals surface area contributed by atoms with Gasteiger partial charge in [0.15, 0.2) is 0 Å². The fraction of sp³-hybridized carbons (Fsp3) is 0.718. The molecule has 0 unspecified atom stereocenters. The first kappa shape index (κ1) is 39.8. The predicted molar refractivity (Wildman–Crippen MR) is 199 cm³/mol. The summed E-state index contributed by atoms with van der Waals surface area (Å²) in [6, 6.07) is 3.76. The van der Waals surface area contributed by atoms with Crippen molar-refractivity contribution in [3.63, 3.8) is 0 Å². The van der Waals surface area contributed by atoms with Gasteiger partial charge in [-0.05, 0) is 78.9 Å². The molecule has 6 rings (SSSR count). The first-order chi connectivity index (χ1) is 25.2. The highest BCUT2D eigenvalue weighted by Gasteiger charge is 2.63. The van der Waals surface area contributed by atoms with Gasteiger partial charge in [-0.3, -0.25) is 24.0 Å². The van der Waals surface area contributed by atoms with E-state index in [2.05, 4.69) is 21.4 Å². The predicted octanol–water partition coefficient (Wildman–Crippen LogP) is 4.29. The molecule has 14 nitrogen and oxygen atoms in total. The van der Waals surface area contributed by atoms with Gasteiger partial charge in [0.25, 0.3) is 5.91 Å². The quantitative estimate of drug-likeness (QED) is 0.381. The van der Waals surface area contributed by atoms with Crippen molar-refractivity contribution in [1.29, 1.82) is 0 Å². The molecule has 298 valence electrons. The number of ether oxygens (including phenoxy) is 2. The first-order valence-corrected chi connectivity index (χ1v) is 20.9. The van der Waals surface area contributed by atoms with Crippen molar-refractivity contribution in [1.82, 2.24) is 25.2 Å². The van der Waals surface area contributed by atoms with Crippen LogP contribution < -0.4 is 15.4 Å². The normalized spacial score (nSPS) is 30.5. The summed E-state index contributed by atoms with van der Waals surface area (Å²) in [6.07, 6.45) is 3.73. The van der Waals surface area contributed by atoms with Crippen molar-refractivity contribution in [2.45, 2.75) is 148 Å². The molecule has 3 aliphatic heterocycles. The van der Waals surface area contributed by atoms with Crippen molar-refractivity contribution in [2.24, 2.45) is 16.7 Å². The van der Waals surface area contributed by atoms with E-state index in [1.807, 2.05) is 32.9 Å². The fourth-order valence-corrected chi connectivity index (χ4v) is 9.61. The van der Waals surface area contributed by atoms with Crippen LogP contribution in [0.15, 0.2) is 18.2 Å². The Balaban J connectivity index is 1.31. The highest BCUT2D eigenvalue weighted by atomic mass is 32.2. The molecule has 2 saturated carbocycles. The Morgan fingerprint density at radius 2 is 1.72 bits per heavy atom. The van der Waals surface area contributed by atoms with Crippen LogP contribution in [-0.4, -0.2) is 89.8 Å². The largest absolute Gasteiger partial charge is 0.449 e. The molecule has 0 aromatic heterocycles. The number of cyclic esters (lactones) is 1. The monoisotopic (exact) mass is 771 g/mol. The van der Waals surface area contributed by atoms with Gasteiger partial charge in [-0.2, -0.15) is 0 Å². The molecule has 1 aromatic carbocycles. The van der Waals surface area contributed by atoms with E-state index in [4.69, 9.17) is 9.47 Å². The molecule has 5 amide bonds. The lowest BCUT2D eigenvalue weighted by atomic mass is 9.85. The standard InChI is InChI=1S/C39H57N5O9S/c1-8-26-18-39(26,33(47)42-54(50,51)27-15-16-27)41-31(45)29-19-38(7)22-44(29)32(46)30(36(2,3)4)40-34(48)52-23-37(5,6)17-10-9-12-24-13-11-14-25-20-43(21-28(24)25)35(49)53-38/h11,13-14,26-27,29-30H,8-10,12,15-23H2,1-7H3,(H,40,48)(H,41,45)(H,42,47)/t26-,29+,30-,38-,39-/m1/s1. The number of benzene rings is 1. The van der Waals surface area contributed by atoms with E-state index in [9.17, 15) is 32.4 Å². The number of amides is 5. The second-order valence-electron chi connectivity index (χ2n) is 18.3. The topological polar surface area (TPSA) is 181 Å². The molecule has 2 aliphatic carbocycles. The summed E-state index contributed by atoms with van der Waals surface area (Å²) in [7, 11) is -3.89. The van der Waals surface area contributed by atoms with Crippen LogP contribution in [0.3, 0.4) is 0 Å². The van der Waals surface area contributed by atoms with Crippen LogP contribution in [0, 0.1) is 16.7 Å². The maximum absolute atomic E-state index is 14.6. The average molecular weight is 772 g/mol. The summed E-state index contributed by atoms with van der Waals surface area (Å²) in [5.41, 5.74) is -0.623. The van der Waals surface area contributed by atoms with Crippen LogP contribution in [0.2, 0.25) is 0 Å². The van der Waals surface area contributed by atoms with Crippen molar-refractivity contribution < 1.29 is 41.9 Å². The molecule has 5 aliphatic rings. The third-order valence-electron chi connectivity index (χ3n) is 11.8. The van der Waals surface area contributed by atoms with Crippen LogP contribution in [0.25, 0.3) is 0 Å². The molecule has 4 bridgehead atoms. The molecule has 3 fully saturated rings. The Morgan fingerprint density at radius 1 is 1.02 bits per heavy atom. The smallest absolute Gasteiger partial charge is 0.410 e. The van der Waals surface area contributed by atoms with Crippen molar-refractivity contribution in [3.8, 4) is 0 Å². The van der Waals surface area contributed by atoms with Crippen LogP contribution >= 0.6 is 0 Å². The Labute approximate surface area is 318 Å². The zero-order valence-corrected chi connectivity index (χ0v) is 33.5. The molecular weight excluding hydrogens is 715 g/mol. The van der Waals surface area contributed by atoms with Gasteiger partial charge < -0.3 is 25.0 Å². The van der Waals surface area contributed by atoms with Gasteiger partial charge in [-0.15, -0.1) is 0 Å². The highest BCUT2D eigenvalue weighted by molar-refractivity contribution is 7.91. The number of sulfonamides is 1. The van der Waals surface area contributed by atoms with Crippen molar-refractivity contribution in [3.05, 3.63) is 34.9 Å². The van der Waals surface area contributed by atoms with Gasteiger partial charge in [0, 0.05) is 19.5 Å². The minimum absolute atomic E-state index is 0.0906. The fourth-order valence-electron chi connectivity index (χ4n) is 8.25. The number of hydrogen-bond donors (Lipinski definition) is 3. The molecule has 54 heavy (non-hydrogen) atoms. The van der Waals surface area contributed by atoms with E-state index >= 15 is 0 Å². The Hall–Kier alpha value is -3.88. The van der Waals surface area contributed by atoms with Crippen LogP contribution in [-0.2, 0) is 53.4 Å². The summed E-state index contributed by atoms with van der Waals surface area (Å²) in [6.45, 7) is 13.7. The molecule has 5 atom stereocenters. The molecular formula is C39H57N5O9S. The molecule has 1 aromatic rings. The van der Waals surface area contributed by atoms with Crippen molar-refractivity contribution >= 4 is 39.9 Å². The van der Waals surface area contributed by atoms with Gasteiger partial charge in [0.05, 0.1) is 18.4 Å². The maximum Gasteiger partial charge on any atom is 0.410 e. The zero-order chi connectivity index (χ0) is 39.4. The minimum atomic E-state index is -3.89. The lowest BCUT2D eigenvalue weighted by Gasteiger charge is -2.36. The summed E-state index contributed by atoms with van der Waals surface area (Å²) in [5.74, 6) is -2.36. The van der Waals surface area contributed by atoms with Crippen LogP contribution in [0.4, 0.5) is 9.59 Å². The average Bonchev–Trinajstić information content (AvgIpc) is 3.99. The molecule has 0 spiro atoms. The third-order valence-corrected chi connectivity index (χ3v) is 13.6. The van der Waals surface area contributed by atoms with Gasteiger partial charge >= 0.3 is 12.2 Å². The van der Waals surface area contributed by atoms with E-state index in [1.54, 1.807) is 32.6 Å². The number of hydrogen-bond acceptors (Lipinski definition) is 9. The van der Waals surface area contributed by atoms with Gasteiger partial charge in [0.2, 0.25) is 21.8 Å². The SMILES string of the molecule is CC[C@@H]1C[C@]1(NC(=O)[C@@H]1C[C@]2(C)CN1C(=O)[C@H](C(C)(C)C)NC(=O)OCC(C)(C)CCCCc1cccc3c1CN(C3)C(=O)O2)C(=O)NS(=O)(=O)C1CC1. The van der Waals surface area contributed by atoms with Gasteiger partial charge in [-0.1, -0.05) is 72.6 Å². The number of rotatable bonds is 6. The van der Waals surface area contributed by atoms with E-state index in [0.717, 1.165) is 36.8 Å². The number of nitrogens with zero attached hydrogens (tertiary/aromatic N) is 2. The molecule has 3 heterocycles. The Morgan fingerprint density at radius 3 is 2.37 bits per heavy atom. The Kier molecular flexibility index (Phi) is 10.6. The number of carbonyl (C=O) groups is 5. The highest BCUT2D eigenvalue weighted by Crippen LogP contribution is 2.47. The second kappa shape index (κ2) is 14.3. The number of nitrogens with one attached hydrogen (secondary N) is 3. The lowest BCUT2D eigenvalue weighted by molar-refractivity contribution is -0.143. The minimum Gasteiger partial charge on any atom is -0.449 e. The number of carbonyl (C=O) groups excluding carboxylic acids is 5. The molecule has 15 heteroatoms. The molecule has 3 N–H and O–H groups in total. The summed E-state index contributed by atoms with van der Waals surface area (Å²) in [4.78, 5) is 72.7. The van der Waals surface area contributed by atoms with E-state index in [-0.39, 0.29) is 37.3 Å². The van der Waals surface area contributed by atoms with Crippen LogP contribution in [0.1, 0.15) is 117 Å². The summed E-state index contributed by atoms with van der Waals surface area (Å²) in [5, 5.41) is 4.98. The maximum atomic E-state index is 14.6. The number of alkyl carbamates (subject to hydrolysis) is 1. The van der Waals surface area contributed by atoms with Crippen LogP contribution in [0.5, 0.6) is 0 Å². The number of fused-ring (bicyclic) bond motifs is 3. The number of aryl methyl sites for hydroxylation is 1. The first-order valence-electron chi connectivity index (χ1n) is 19.4. The summed E-state index contributed by atoms with van der Waals surface area (Å²) >= 11 is 0. The van der Waals surface area contributed by atoms with E-state index in [1.165, 1.54) is 10.5 Å². The van der Waals surface area contributed by atoms with Gasteiger partial charge in [-0.25, -0.2) is 18.0 Å². The van der Waals surface area contributed by atoms with Crippen molar-refractivity contribution in [2.75, 3.05) is 13.2 Å². The van der Waals surface area contributed by atoms with E-state index in [0.29, 0.717) is 32.4 Å². The Bertz CT molecular complexity index is 1800. The summed E-state index contributed by atoms with van der Waals surface area (Å²) < 4.78 is 39.6. The van der Waals surface area contributed by atoms with E-state index < -0.39 is 73.8 Å². The zero-order valence-electron chi connectivity index (χ0n) is 32.7. The third kappa shape index (κ3) is 8.35. The second-order valence-corrected chi connectivity index (χ2v) is 20.2. The molecule has 0 radical (unpaired) electrons.